The summed E-state index contributed by atoms with van der Waals surface area (Å²) in [4.78, 5) is 17.0. The average Bonchev–Trinajstić information content (AvgIpc) is 3.14. The highest BCUT2D eigenvalue weighted by Gasteiger charge is 2.27. The molecule has 1 amide bonds. The third-order valence-corrected chi connectivity index (χ3v) is 5.67. The normalized spacial score (nSPS) is 13.1. The first kappa shape index (κ1) is 20.1. The number of hydrogen-bond acceptors (Lipinski definition) is 3. The van der Waals surface area contributed by atoms with Crippen LogP contribution in [-0.4, -0.2) is 41.7 Å². The third kappa shape index (κ3) is 3.95. The number of fused-ring (bicyclic) bond motifs is 1. The Labute approximate surface area is 176 Å². The summed E-state index contributed by atoms with van der Waals surface area (Å²) in [5.74, 6) is -0.359. The fraction of sp³-hybridized carbons (Fsp3) is 0.333. The number of anilines is 1. The maximum Gasteiger partial charge on any atom is 0.274 e. The second-order valence-corrected chi connectivity index (χ2v) is 8.09. The molecule has 0 atom stereocenters. The van der Waals surface area contributed by atoms with Crippen LogP contribution in [0, 0.1) is 5.82 Å². The van der Waals surface area contributed by atoms with Crippen LogP contribution in [0.5, 0.6) is 0 Å². The molecule has 156 valence electrons. The van der Waals surface area contributed by atoms with Gasteiger partial charge in [0.15, 0.2) is 5.69 Å². The maximum absolute atomic E-state index is 13.4. The van der Waals surface area contributed by atoms with Crippen LogP contribution in [0.4, 0.5) is 10.1 Å². The predicted molar refractivity (Wildman–Crippen MR) is 117 cm³/mol. The molecule has 3 aromatic rings. The zero-order chi connectivity index (χ0) is 21.3. The summed E-state index contributed by atoms with van der Waals surface area (Å²) in [5.41, 5.74) is 5.60. The molecule has 0 spiro atoms. The molecule has 2 aromatic carbocycles. The molecule has 0 aliphatic heterocycles. The lowest BCUT2D eigenvalue weighted by molar-refractivity contribution is 0.0777. The van der Waals surface area contributed by atoms with Crippen molar-refractivity contribution in [1.82, 2.24) is 14.7 Å². The average molecular weight is 407 g/mol. The van der Waals surface area contributed by atoms with Crippen molar-refractivity contribution in [2.45, 2.75) is 32.2 Å². The zero-order valence-corrected chi connectivity index (χ0v) is 17.7. The third-order valence-electron chi connectivity index (χ3n) is 5.67. The van der Waals surface area contributed by atoms with E-state index in [1.165, 1.54) is 12.1 Å². The molecule has 0 unspecified atom stereocenters. The summed E-state index contributed by atoms with van der Waals surface area (Å²) in [6.45, 7) is 0.519. The molecule has 0 saturated carbocycles. The summed E-state index contributed by atoms with van der Waals surface area (Å²) in [5, 5.41) is 4.69. The highest BCUT2D eigenvalue weighted by atomic mass is 19.1. The summed E-state index contributed by atoms with van der Waals surface area (Å²) >= 11 is 0. The van der Waals surface area contributed by atoms with Crippen molar-refractivity contribution in [3.63, 3.8) is 0 Å². The zero-order valence-electron chi connectivity index (χ0n) is 17.7. The SMILES string of the molecule is CN(Cc1ccc(N(C)C)cc1)C(=O)c1nn(-c2ccc(F)cc2)c2c1CCCC2. The molecule has 0 radical (unpaired) electrons. The van der Waals surface area contributed by atoms with Gasteiger partial charge in [-0.3, -0.25) is 4.79 Å². The van der Waals surface area contributed by atoms with E-state index in [9.17, 15) is 9.18 Å². The maximum atomic E-state index is 13.4. The van der Waals surface area contributed by atoms with Gasteiger partial charge in [0.25, 0.3) is 5.91 Å². The first-order valence-corrected chi connectivity index (χ1v) is 10.3. The van der Waals surface area contributed by atoms with E-state index in [4.69, 9.17) is 0 Å². The number of aromatic nitrogens is 2. The van der Waals surface area contributed by atoms with Crippen molar-refractivity contribution in [3.05, 3.63) is 76.9 Å². The Morgan fingerprint density at radius 2 is 1.67 bits per heavy atom. The molecule has 4 rings (SSSR count). The van der Waals surface area contributed by atoms with Gasteiger partial charge in [0.2, 0.25) is 0 Å². The van der Waals surface area contributed by atoms with Gasteiger partial charge in [-0.15, -0.1) is 0 Å². The predicted octanol–water partition coefficient (Wildman–Crippen LogP) is 4.23. The van der Waals surface area contributed by atoms with E-state index < -0.39 is 0 Å². The van der Waals surface area contributed by atoms with Crippen LogP contribution in [0.25, 0.3) is 5.69 Å². The van der Waals surface area contributed by atoms with Crippen molar-refractivity contribution in [3.8, 4) is 5.69 Å². The van der Waals surface area contributed by atoms with Gasteiger partial charge in [-0.2, -0.15) is 5.10 Å². The molecule has 1 aliphatic carbocycles. The molecule has 0 N–H and O–H groups in total. The number of carbonyl (C=O) groups excluding carboxylic acids is 1. The van der Waals surface area contributed by atoms with Gasteiger partial charge < -0.3 is 9.80 Å². The number of halogens is 1. The molecular weight excluding hydrogens is 379 g/mol. The Morgan fingerprint density at radius 3 is 2.33 bits per heavy atom. The van der Waals surface area contributed by atoms with E-state index in [0.717, 1.165) is 53.9 Å². The van der Waals surface area contributed by atoms with Crippen molar-refractivity contribution >= 4 is 11.6 Å². The first-order valence-electron chi connectivity index (χ1n) is 10.3. The summed E-state index contributed by atoms with van der Waals surface area (Å²) in [7, 11) is 5.82. The molecule has 1 aromatic heterocycles. The van der Waals surface area contributed by atoms with Crippen LogP contribution in [0.1, 0.15) is 40.2 Å². The molecular formula is C24H27FN4O. The number of carbonyl (C=O) groups is 1. The largest absolute Gasteiger partial charge is 0.378 e. The number of benzene rings is 2. The molecule has 6 heteroatoms. The van der Waals surface area contributed by atoms with E-state index >= 15 is 0 Å². The number of hydrogen-bond donors (Lipinski definition) is 0. The van der Waals surface area contributed by atoms with Crippen LogP contribution in [0.2, 0.25) is 0 Å². The molecule has 0 saturated heterocycles. The molecule has 0 bridgehead atoms. The Balaban J connectivity index is 1.61. The van der Waals surface area contributed by atoms with Crippen molar-refractivity contribution in [2.24, 2.45) is 0 Å². The Morgan fingerprint density at radius 1 is 1.00 bits per heavy atom. The van der Waals surface area contributed by atoms with Crippen LogP contribution < -0.4 is 4.90 Å². The smallest absolute Gasteiger partial charge is 0.274 e. The minimum Gasteiger partial charge on any atom is -0.378 e. The summed E-state index contributed by atoms with van der Waals surface area (Å²) in [6, 6.07) is 14.5. The summed E-state index contributed by atoms with van der Waals surface area (Å²) in [6.07, 6.45) is 3.85. The van der Waals surface area contributed by atoms with E-state index in [2.05, 4.69) is 17.2 Å². The Kier molecular flexibility index (Phi) is 5.57. The summed E-state index contributed by atoms with van der Waals surface area (Å²) < 4.78 is 15.2. The molecule has 30 heavy (non-hydrogen) atoms. The van der Waals surface area contributed by atoms with Gasteiger partial charge in [0.1, 0.15) is 5.82 Å². The highest BCUT2D eigenvalue weighted by Crippen LogP contribution is 2.28. The van der Waals surface area contributed by atoms with Gasteiger partial charge in [-0.05, 0) is 67.6 Å². The van der Waals surface area contributed by atoms with Crippen LogP contribution in [-0.2, 0) is 19.4 Å². The number of nitrogens with zero attached hydrogens (tertiary/aromatic N) is 4. The van der Waals surface area contributed by atoms with Crippen LogP contribution >= 0.6 is 0 Å². The van der Waals surface area contributed by atoms with E-state index in [1.54, 1.807) is 17.0 Å². The Bertz CT molecular complexity index is 1040. The fourth-order valence-electron chi connectivity index (χ4n) is 3.99. The van der Waals surface area contributed by atoms with Crippen molar-refractivity contribution in [1.29, 1.82) is 0 Å². The highest BCUT2D eigenvalue weighted by molar-refractivity contribution is 5.94. The van der Waals surface area contributed by atoms with E-state index in [-0.39, 0.29) is 11.7 Å². The molecule has 5 nitrogen and oxygen atoms in total. The van der Waals surface area contributed by atoms with Gasteiger partial charge in [-0.25, -0.2) is 9.07 Å². The standard InChI is InChI=1S/C24H27FN4O/c1-27(2)19-12-8-17(9-13-19)16-28(3)24(30)23-21-6-4-5-7-22(21)29(26-23)20-14-10-18(25)11-15-20/h8-15H,4-7,16H2,1-3H3. The lowest BCUT2D eigenvalue weighted by Crippen LogP contribution is -2.27. The van der Waals surface area contributed by atoms with Crippen molar-refractivity contribution < 1.29 is 9.18 Å². The second kappa shape index (κ2) is 8.30. The van der Waals surface area contributed by atoms with Crippen molar-refractivity contribution in [2.75, 3.05) is 26.0 Å². The minimum absolute atomic E-state index is 0.0781. The topological polar surface area (TPSA) is 41.4 Å². The Hall–Kier alpha value is -3.15. The second-order valence-electron chi connectivity index (χ2n) is 8.09. The number of amides is 1. The van der Waals surface area contributed by atoms with Crippen LogP contribution in [0.3, 0.4) is 0 Å². The van der Waals surface area contributed by atoms with Gasteiger partial charge in [0.05, 0.1) is 5.69 Å². The monoisotopic (exact) mass is 406 g/mol. The van der Waals surface area contributed by atoms with Crippen LogP contribution in [0.15, 0.2) is 48.5 Å². The van der Waals surface area contributed by atoms with Gasteiger partial charge in [0, 0.05) is 44.6 Å². The van der Waals surface area contributed by atoms with Gasteiger partial charge in [-0.1, -0.05) is 12.1 Å². The van der Waals surface area contributed by atoms with E-state index in [0.29, 0.717) is 12.2 Å². The lowest BCUT2D eigenvalue weighted by atomic mass is 9.95. The molecule has 1 aliphatic rings. The fourth-order valence-corrected chi connectivity index (χ4v) is 3.99. The molecule has 0 fully saturated rings. The minimum atomic E-state index is -0.281. The van der Waals surface area contributed by atoms with E-state index in [1.807, 2.05) is 42.9 Å². The van der Waals surface area contributed by atoms with Gasteiger partial charge >= 0.3 is 0 Å². The molecule has 1 heterocycles. The quantitative estimate of drug-likeness (QED) is 0.637. The first-order chi connectivity index (χ1) is 14.4. The lowest BCUT2D eigenvalue weighted by Gasteiger charge is -2.19. The number of rotatable bonds is 5.